The molecule has 0 aliphatic carbocycles. The largest absolute Gasteiger partial charge is 0.338 e. The maximum atomic E-state index is 13.2. The van der Waals surface area contributed by atoms with Crippen molar-refractivity contribution in [1.29, 1.82) is 0 Å². The van der Waals surface area contributed by atoms with E-state index in [0.29, 0.717) is 23.6 Å². The van der Waals surface area contributed by atoms with Crippen molar-refractivity contribution in [1.82, 2.24) is 20.1 Å². The lowest BCUT2D eigenvalue weighted by molar-refractivity contribution is 0.247. The number of urea groups is 1. The normalized spacial score (nSPS) is 10.5. The van der Waals surface area contributed by atoms with Crippen LogP contribution >= 0.6 is 0 Å². The van der Waals surface area contributed by atoms with Gasteiger partial charge in [0.05, 0.1) is 35.7 Å². The van der Waals surface area contributed by atoms with Crippen LogP contribution in [0.25, 0.3) is 5.69 Å². The Bertz CT molecular complexity index is 640. The molecule has 0 atom stereocenters. The molecule has 0 saturated heterocycles. The first kappa shape index (κ1) is 15.0. The Labute approximate surface area is 122 Å². The first-order chi connectivity index (χ1) is 10.0. The maximum absolute atomic E-state index is 13.2. The summed E-state index contributed by atoms with van der Waals surface area (Å²) in [5.74, 6) is -0.434. The second-order valence-electron chi connectivity index (χ2n) is 4.70. The van der Waals surface area contributed by atoms with Gasteiger partial charge in [0, 0.05) is 19.7 Å². The number of halogens is 1. The zero-order valence-corrected chi connectivity index (χ0v) is 12.3. The van der Waals surface area contributed by atoms with E-state index in [-0.39, 0.29) is 6.03 Å². The van der Waals surface area contributed by atoms with Crippen LogP contribution in [0.5, 0.6) is 0 Å². The van der Waals surface area contributed by atoms with Gasteiger partial charge < -0.3 is 5.32 Å². The Morgan fingerprint density at radius 2 is 2.24 bits per heavy atom. The first-order valence-corrected chi connectivity index (χ1v) is 6.71. The molecule has 1 N–H and O–H groups in total. The van der Waals surface area contributed by atoms with E-state index in [9.17, 15) is 9.18 Å². The van der Waals surface area contributed by atoms with Crippen molar-refractivity contribution in [3.8, 4) is 5.69 Å². The van der Waals surface area contributed by atoms with Gasteiger partial charge >= 0.3 is 6.03 Å². The Morgan fingerprint density at radius 3 is 2.90 bits per heavy atom. The Kier molecular flexibility index (Phi) is 4.52. The highest BCUT2D eigenvalue weighted by Crippen LogP contribution is 2.20. The molecule has 0 aliphatic rings. The number of hydrogen-bond acceptors (Lipinski definition) is 3. The molecule has 0 fully saturated rings. The van der Waals surface area contributed by atoms with Gasteiger partial charge in [0.25, 0.3) is 0 Å². The molecule has 0 aromatic carbocycles. The summed E-state index contributed by atoms with van der Waals surface area (Å²) in [6.07, 6.45) is 5.19. The summed E-state index contributed by atoms with van der Waals surface area (Å²) in [4.78, 5) is 17.2. The molecular weight excluding hydrogens is 273 g/mol. The lowest BCUT2D eigenvalue weighted by atomic mass is 10.3. The Morgan fingerprint density at radius 1 is 1.48 bits per heavy atom. The molecule has 2 amide bonds. The smallest absolute Gasteiger partial charge is 0.321 e. The van der Waals surface area contributed by atoms with Crippen LogP contribution in [0.15, 0.2) is 24.7 Å². The molecule has 2 rings (SSSR count). The number of hydrogen-bond donors (Lipinski definition) is 1. The highest BCUT2D eigenvalue weighted by molar-refractivity contribution is 5.91. The van der Waals surface area contributed by atoms with Gasteiger partial charge in [-0.05, 0) is 13.3 Å². The number of amides is 2. The average molecular weight is 291 g/mol. The molecule has 0 aliphatic heterocycles. The van der Waals surface area contributed by atoms with E-state index in [4.69, 9.17) is 0 Å². The summed E-state index contributed by atoms with van der Waals surface area (Å²) < 4.78 is 14.7. The predicted molar refractivity (Wildman–Crippen MR) is 78.1 cm³/mol. The monoisotopic (exact) mass is 291 g/mol. The van der Waals surface area contributed by atoms with E-state index in [0.717, 1.165) is 12.6 Å². The standard InChI is InChI=1S/C14H18FN5O/c1-4-5-17-14(21)19(3)13-9-20(18-10(13)2)12-6-11(15)7-16-8-12/h6-9H,4-5H2,1-3H3,(H,17,21). The Hall–Kier alpha value is -2.44. The summed E-state index contributed by atoms with van der Waals surface area (Å²) in [5, 5.41) is 7.09. The van der Waals surface area contributed by atoms with Crippen LogP contribution in [0.4, 0.5) is 14.9 Å². The van der Waals surface area contributed by atoms with Crippen LogP contribution in [-0.2, 0) is 0 Å². The van der Waals surface area contributed by atoms with Crippen molar-refractivity contribution in [2.24, 2.45) is 0 Å². The van der Waals surface area contributed by atoms with E-state index in [1.165, 1.54) is 21.8 Å². The van der Waals surface area contributed by atoms with E-state index >= 15 is 0 Å². The summed E-state index contributed by atoms with van der Waals surface area (Å²) >= 11 is 0. The lowest BCUT2D eigenvalue weighted by Crippen LogP contribution is -2.37. The molecule has 7 heteroatoms. The quantitative estimate of drug-likeness (QED) is 0.940. The molecule has 0 spiro atoms. The summed E-state index contributed by atoms with van der Waals surface area (Å²) in [6.45, 7) is 4.40. The third-order valence-corrected chi connectivity index (χ3v) is 3.02. The lowest BCUT2D eigenvalue weighted by Gasteiger charge is -2.16. The molecule has 0 radical (unpaired) electrons. The second-order valence-corrected chi connectivity index (χ2v) is 4.70. The number of carbonyl (C=O) groups excluding carboxylic acids is 1. The third-order valence-electron chi connectivity index (χ3n) is 3.02. The van der Waals surface area contributed by atoms with E-state index < -0.39 is 5.82 Å². The number of pyridine rings is 1. The maximum Gasteiger partial charge on any atom is 0.321 e. The van der Waals surface area contributed by atoms with Gasteiger partial charge in [-0.15, -0.1) is 0 Å². The van der Waals surface area contributed by atoms with Crippen LogP contribution < -0.4 is 10.2 Å². The van der Waals surface area contributed by atoms with Gasteiger partial charge in [-0.2, -0.15) is 5.10 Å². The zero-order valence-electron chi connectivity index (χ0n) is 12.3. The third kappa shape index (κ3) is 3.36. The van der Waals surface area contributed by atoms with Crippen molar-refractivity contribution < 1.29 is 9.18 Å². The average Bonchev–Trinajstić information content (AvgIpc) is 2.86. The number of carbonyl (C=O) groups is 1. The van der Waals surface area contributed by atoms with Crippen LogP contribution in [-0.4, -0.2) is 34.4 Å². The van der Waals surface area contributed by atoms with Crippen LogP contribution in [0.3, 0.4) is 0 Å². The van der Waals surface area contributed by atoms with Gasteiger partial charge in [0.1, 0.15) is 5.82 Å². The van der Waals surface area contributed by atoms with Crippen LogP contribution in [0.2, 0.25) is 0 Å². The molecular formula is C14H18FN5O. The number of nitrogens with zero attached hydrogens (tertiary/aromatic N) is 4. The summed E-state index contributed by atoms with van der Waals surface area (Å²) in [5.41, 5.74) is 1.84. The van der Waals surface area contributed by atoms with Gasteiger partial charge in [0.15, 0.2) is 0 Å². The number of aromatic nitrogens is 3. The molecule has 21 heavy (non-hydrogen) atoms. The minimum Gasteiger partial charge on any atom is -0.338 e. The summed E-state index contributed by atoms with van der Waals surface area (Å²) in [6, 6.07) is 1.14. The molecule has 112 valence electrons. The molecule has 2 heterocycles. The zero-order chi connectivity index (χ0) is 15.4. The fourth-order valence-corrected chi connectivity index (χ4v) is 1.90. The van der Waals surface area contributed by atoms with Gasteiger partial charge in [-0.3, -0.25) is 9.88 Å². The first-order valence-electron chi connectivity index (χ1n) is 6.71. The highest BCUT2D eigenvalue weighted by atomic mass is 19.1. The fourth-order valence-electron chi connectivity index (χ4n) is 1.90. The van der Waals surface area contributed by atoms with E-state index in [1.807, 2.05) is 6.92 Å². The van der Waals surface area contributed by atoms with Gasteiger partial charge in [0.2, 0.25) is 0 Å². The topological polar surface area (TPSA) is 63.1 Å². The molecule has 0 unspecified atom stereocenters. The summed E-state index contributed by atoms with van der Waals surface area (Å²) in [7, 11) is 1.67. The van der Waals surface area contributed by atoms with Gasteiger partial charge in [-0.1, -0.05) is 6.92 Å². The van der Waals surface area contributed by atoms with Crippen LogP contribution in [0, 0.1) is 12.7 Å². The molecule has 0 bridgehead atoms. The molecule has 2 aromatic heterocycles. The van der Waals surface area contributed by atoms with Crippen molar-refractivity contribution in [2.45, 2.75) is 20.3 Å². The molecule has 2 aromatic rings. The number of nitrogens with one attached hydrogen (secondary N) is 1. The number of rotatable bonds is 4. The number of anilines is 1. The molecule has 6 nitrogen and oxygen atoms in total. The van der Waals surface area contributed by atoms with Crippen molar-refractivity contribution in [3.63, 3.8) is 0 Å². The second kappa shape index (κ2) is 6.34. The van der Waals surface area contributed by atoms with Crippen LogP contribution in [0.1, 0.15) is 19.0 Å². The van der Waals surface area contributed by atoms with Crippen molar-refractivity contribution in [3.05, 3.63) is 36.2 Å². The van der Waals surface area contributed by atoms with E-state index in [1.54, 1.807) is 20.2 Å². The van der Waals surface area contributed by atoms with Gasteiger partial charge in [-0.25, -0.2) is 13.9 Å². The predicted octanol–water partition coefficient (Wildman–Crippen LogP) is 2.27. The SMILES string of the molecule is CCCNC(=O)N(C)c1cn(-c2cncc(F)c2)nc1C. The fraction of sp³-hybridized carbons (Fsp3) is 0.357. The molecule has 0 saturated carbocycles. The minimum absolute atomic E-state index is 0.197. The van der Waals surface area contributed by atoms with Crippen molar-refractivity contribution >= 4 is 11.7 Å². The number of aryl methyl sites for hydroxylation is 1. The van der Waals surface area contributed by atoms with E-state index in [2.05, 4.69) is 15.4 Å². The minimum atomic E-state index is -0.434. The van der Waals surface area contributed by atoms with Crippen molar-refractivity contribution in [2.75, 3.05) is 18.5 Å². The Balaban J connectivity index is 2.25. The highest BCUT2D eigenvalue weighted by Gasteiger charge is 2.16.